The smallest absolute Gasteiger partial charge is 0.261 e. The van der Waals surface area contributed by atoms with Crippen molar-refractivity contribution in [1.82, 2.24) is 15.2 Å². The standard InChI is InChI=1S/C21H29N3O3/c25-19(15-7-3-8-15)22-12-14-5-4-10-24(13-14)21(27)17-11-16-6-1-2-9-18(16)23-20(17)26/h11,14-15H,1-10,12-13H2,(H,22,25)(H,23,26). The van der Waals surface area contributed by atoms with Crippen LogP contribution in [-0.4, -0.2) is 41.3 Å². The highest BCUT2D eigenvalue weighted by Gasteiger charge is 2.29. The lowest BCUT2D eigenvalue weighted by atomic mass is 9.84. The maximum Gasteiger partial charge on any atom is 0.261 e. The van der Waals surface area contributed by atoms with Crippen molar-refractivity contribution in [2.75, 3.05) is 19.6 Å². The maximum atomic E-state index is 13.0. The van der Waals surface area contributed by atoms with Crippen molar-refractivity contribution >= 4 is 11.8 Å². The van der Waals surface area contributed by atoms with Crippen LogP contribution < -0.4 is 10.9 Å². The Bertz CT molecular complexity index is 781. The van der Waals surface area contributed by atoms with E-state index in [9.17, 15) is 14.4 Å². The predicted molar refractivity (Wildman–Crippen MR) is 103 cm³/mol. The number of carbonyl (C=O) groups excluding carboxylic acids is 2. The van der Waals surface area contributed by atoms with Gasteiger partial charge in [-0.3, -0.25) is 14.4 Å². The Morgan fingerprint density at radius 1 is 1.11 bits per heavy atom. The summed E-state index contributed by atoms with van der Waals surface area (Å²) in [6.07, 6.45) is 9.11. The van der Waals surface area contributed by atoms with Crippen LogP contribution in [-0.2, 0) is 17.6 Å². The lowest BCUT2D eigenvalue weighted by Crippen LogP contribution is -2.46. The molecule has 2 heterocycles. The molecule has 0 bridgehead atoms. The number of aromatic nitrogens is 1. The lowest BCUT2D eigenvalue weighted by Gasteiger charge is -2.33. The number of carbonyl (C=O) groups is 2. The third kappa shape index (κ3) is 3.94. The van der Waals surface area contributed by atoms with Gasteiger partial charge < -0.3 is 15.2 Å². The van der Waals surface area contributed by atoms with Gasteiger partial charge in [-0.2, -0.15) is 0 Å². The quantitative estimate of drug-likeness (QED) is 0.849. The van der Waals surface area contributed by atoms with Crippen molar-refractivity contribution in [3.05, 3.63) is 33.2 Å². The zero-order valence-corrected chi connectivity index (χ0v) is 15.9. The summed E-state index contributed by atoms with van der Waals surface area (Å²) < 4.78 is 0. The molecule has 2 aliphatic carbocycles. The van der Waals surface area contributed by atoms with Crippen LogP contribution in [0, 0.1) is 11.8 Å². The van der Waals surface area contributed by atoms with Crippen LogP contribution in [0.2, 0.25) is 0 Å². The molecule has 4 rings (SSSR count). The summed E-state index contributed by atoms with van der Waals surface area (Å²) in [4.78, 5) is 42.2. The first-order chi connectivity index (χ1) is 13.1. The van der Waals surface area contributed by atoms with Crippen LogP contribution in [0.25, 0.3) is 0 Å². The van der Waals surface area contributed by atoms with Gasteiger partial charge in [-0.15, -0.1) is 0 Å². The van der Waals surface area contributed by atoms with Gasteiger partial charge in [0.1, 0.15) is 5.56 Å². The maximum absolute atomic E-state index is 13.0. The molecular formula is C21H29N3O3. The number of fused-ring (bicyclic) bond motifs is 1. The minimum atomic E-state index is -0.263. The van der Waals surface area contributed by atoms with Gasteiger partial charge in [0.2, 0.25) is 5.91 Å². The molecule has 2 N–H and O–H groups in total. The fourth-order valence-corrected chi connectivity index (χ4v) is 4.48. The van der Waals surface area contributed by atoms with E-state index in [1.165, 1.54) is 0 Å². The first kappa shape index (κ1) is 18.3. The normalized spacial score (nSPS) is 22.7. The van der Waals surface area contributed by atoms with Crippen molar-refractivity contribution in [1.29, 1.82) is 0 Å². The van der Waals surface area contributed by atoms with Crippen LogP contribution in [0.1, 0.15) is 66.6 Å². The number of H-pyrrole nitrogens is 1. The highest BCUT2D eigenvalue weighted by Crippen LogP contribution is 2.26. The second-order valence-electron chi connectivity index (χ2n) is 8.36. The zero-order chi connectivity index (χ0) is 18.8. The van der Waals surface area contributed by atoms with E-state index in [0.29, 0.717) is 19.6 Å². The van der Waals surface area contributed by atoms with E-state index in [1.54, 1.807) is 4.90 Å². The van der Waals surface area contributed by atoms with Gasteiger partial charge in [0.25, 0.3) is 11.5 Å². The van der Waals surface area contributed by atoms with E-state index < -0.39 is 0 Å². The van der Waals surface area contributed by atoms with E-state index in [2.05, 4.69) is 10.3 Å². The summed E-state index contributed by atoms with van der Waals surface area (Å²) in [5.41, 5.74) is 2.12. The van der Waals surface area contributed by atoms with Crippen molar-refractivity contribution < 1.29 is 9.59 Å². The topological polar surface area (TPSA) is 82.3 Å². The molecule has 0 aromatic carbocycles. The molecule has 1 atom stereocenters. The number of hydrogen-bond acceptors (Lipinski definition) is 3. The number of pyridine rings is 1. The van der Waals surface area contributed by atoms with Gasteiger partial charge in [0.15, 0.2) is 0 Å². The van der Waals surface area contributed by atoms with Crippen molar-refractivity contribution in [3.8, 4) is 0 Å². The van der Waals surface area contributed by atoms with Crippen LogP contribution in [0.15, 0.2) is 10.9 Å². The zero-order valence-electron chi connectivity index (χ0n) is 15.9. The molecule has 1 saturated carbocycles. The van der Waals surface area contributed by atoms with Crippen LogP contribution >= 0.6 is 0 Å². The molecule has 6 nitrogen and oxygen atoms in total. The number of likely N-dealkylation sites (tertiary alicyclic amines) is 1. The summed E-state index contributed by atoms with van der Waals surface area (Å²) >= 11 is 0. The van der Waals surface area contributed by atoms with Gasteiger partial charge in [0, 0.05) is 31.2 Å². The number of hydrogen-bond donors (Lipinski definition) is 2. The lowest BCUT2D eigenvalue weighted by molar-refractivity contribution is -0.127. The highest BCUT2D eigenvalue weighted by atomic mass is 16.2. The van der Waals surface area contributed by atoms with E-state index >= 15 is 0 Å². The molecule has 1 saturated heterocycles. The average Bonchev–Trinajstić information content (AvgIpc) is 2.64. The summed E-state index contributed by atoms with van der Waals surface area (Å²) in [6, 6.07) is 1.82. The third-order valence-corrected chi connectivity index (χ3v) is 6.42. The SMILES string of the molecule is O=C(NCC1CCCN(C(=O)c2cc3c([nH]c2=O)CCCC3)C1)C1CCC1. The van der Waals surface area contributed by atoms with Gasteiger partial charge >= 0.3 is 0 Å². The molecule has 2 amide bonds. The van der Waals surface area contributed by atoms with Gasteiger partial charge in [-0.05, 0) is 68.9 Å². The third-order valence-electron chi connectivity index (χ3n) is 6.42. The fraction of sp³-hybridized carbons (Fsp3) is 0.667. The monoisotopic (exact) mass is 371 g/mol. The summed E-state index contributed by atoms with van der Waals surface area (Å²) in [6.45, 7) is 1.92. The minimum absolute atomic E-state index is 0.163. The van der Waals surface area contributed by atoms with Crippen LogP contribution in [0.5, 0.6) is 0 Å². The van der Waals surface area contributed by atoms with Gasteiger partial charge in [0.05, 0.1) is 0 Å². The molecule has 27 heavy (non-hydrogen) atoms. The molecule has 1 aromatic heterocycles. The Morgan fingerprint density at radius 3 is 2.70 bits per heavy atom. The molecule has 1 aliphatic heterocycles. The largest absolute Gasteiger partial charge is 0.356 e. The number of rotatable bonds is 4. The molecule has 1 aromatic rings. The Balaban J connectivity index is 1.39. The summed E-state index contributed by atoms with van der Waals surface area (Å²) in [5, 5.41) is 3.06. The molecule has 0 spiro atoms. The van der Waals surface area contributed by atoms with Gasteiger partial charge in [-0.25, -0.2) is 0 Å². The van der Waals surface area contributed by atoms with E-state index in [4.69, 9.17) is 0 Å². The number of aryl methyl sites for hydroxylation is 2. The number of nitrogens with zero attached hydrogens (tertiary/aromatic N) is 1. The molecular weight excluding hydrogens is 342 g/mol. The van der Waals surface area contributed by atoms with Crippen LogP contribution in [0.3, 0.4) is 0 Å². The second kappa shape index (κ2) is 7.87. The molecule has 0 radical (unpaired) electrons. The Labute approximate surface area is 159 Å². The van der Waals surface area contributed by atoms with E-state index in [-0.39, 0.29) is 34.8 Å². The minimum Gasteiger partial charge on any atom is -0.356 e. The Hall–Kier alpha value is -2.11. The highest BCUT2D eigenvalue weighted by molar-refractivity contribution is 5.94. The second-order valence-corrected chi connectivity index (χ2v) is 8.36. The summed E-state index contributed by atoms with van der Waals surface area (Å²) in [7, 11) is 0. The first-order valence-electron chi connectivity index (χ1n) is 10.4. The summed E-state index contributed by atoms with van der Waals surface area (Å²) in [5.74, 6) is 0.458. The van der Waals surface area contributed by atoms with Crippen LogP contribution in [0.4, 0.5) is 0 Å². The van der Waals surface area contributed by atoms with Crippen molar-refractivity contribution in [2.45, 2.75) is 57.8 Å². The number of nitrogens with one attached hydrogen (secondary N) is 2. The van der Waals surface area contributed by atoms with Crippen molar-refractivity contribution in [2.24, 2.45) is 11.8 Å². The molecule has 2 fully saturated rings. The predicted octanol–water partition coefficient (Wildman–Crippen LogP) is 2.02. The molecule has 3 aliphatic rings. The Morgan fingerprint density at radius 2 is 1.93 bits per heavy atom. The molecule has 1 unspecified atom stereocenters. The number of piperidine rings is 1. The number of aromatic amines is 1. The molecule has 6 heteroatoms. The molecule has 146 valence electrons. The van der Waals surface area contributed by atoms with E-state index in [1.807, 2.05) is 6.07 Å². The van der Waals surface area contributed by atoms with Crippen molar-refractivity contribution in [3.63, 3.8) is 0 Å². The fourth-order valence-electron chi connectivity index (χ4n) is 4.48. The Kier molecular flexibility index (Phi) is 5.32. The first-order valence-corrected chi connectivity index (χ1v) is 10.4. The van der Waals surface area contributed by atoms with Gasteiger partial charge in [-0.1, -0.05) is 6.42 Å². The van der Waals surface area contributed by atoms with E-state index in [0.717, 1.165) is 69.0 Å². The number of amides is 2. The average molecular weight is 371 g/mol.